The van der Waals surface area contributed by atoms with Gasteiger partial charge in [0.25, 0.3) is 8.53 Å². The molecule has 69 heavy (non-hydrogen) atoms. The number of anilines is 1. The molecule has 3 aromatic carbocycles. The number of hydrogen-bond donors (Lipinski definition) is 1. The maximum Gasteiger partial charge on any atom is 0.259 e. The molecule has 1 aliphatic rings. The first-order chi connectivity index (χ1) is 33.4. The van der Waals surface area contributed by atoms with E-state index in [9.17, 15) is 10.1 Å². The zero-order valence-corrected chi connectivity index (χ0v) is 41.6. The van der Waals surface area contributed by atoms with E-state index in [-0.39, 0.29) is 43.5 Å². The number of amides is 1. The van der Waals surface area contributed by atoms with Crippen LogP contribution in [0.15, 0.2) is 91.4 Å². The molecule has 14 nitrogen and oxygen atoms in total. The number of ether oxygens (including phenoxy) is 4. The molecule has 0 spiro atoms. The first-order valence-corrected chi connectivity index (χ1v) is 24.1. The Hall–Kier alpha value is -6.29. The zero-order chi connectivity index (χ0) is 49.5. The van der Waals surface area contributed by atoms with E-state index in [0.29, 0.717) is 60.0 Å². The van der Waals surface area contributed by atoms with E-state index in [1.165, 1.54) is 6.33 Å². The number of terminal acetylenes is 2. The Morgan fingerprint density at radius 1 is 0.899 bits per heavy atom. The monoisotopic (exact) mass is 951 g/mol. The topological polar surface area (TPSA) is 145 Å². The average Bonchev–Trinajstić information content (AvgIpc) is 3.93. The number of carbonyl (C=O) groups excluding carboxylic acids is 1. The van der Waals surface area contributed by atoms with Gasteiger partial charge in [0, 0.05) is 30.6 Å². The van der Waals surface area contributed by atoms with Crippen LogP contribution in [0.4, 0.5) is 5.82 Å². The van der Waals surface area contributed by atoms with E-state index in [1.807, 2.05) is 108 Å². The van der Waals surface area contributed by atoms with Crippen molar-refractivity contribution >= 4 is 31.3 Å². The number of fused-ring (bicyclic) bond motifs is 1. The van der Waals surface area contributed by atoms with Crippen molar-refractivity contribution in [1.82, 2.24) is 24.1 Å². The van der Waals surface area contributed by atoms with Gasteiger partial charge in [-0.1, -0.05) is 92.1 Å². The summed E-state index contributed by atoms with van der Waals surface area (Å²) in [5, 5.41) is 13.1. The summed E-state index contributed by atoms with van der Waals surface area (Å²) in [4.78, 5) is 24.3. The van der Waals surface area contributed by atoms with E-state index < -0.39 is 32.6 Å². The molecule has 1 N–H and O–H groups in total. The molecule has 0 aliphatic carbocycles. The van der Waals surface area contributed by atoms with Crippen LogP contribution in [0.5, 0.6) is 11.5 Å². The van der Waals surface area contributed by atoms with Crippen molar-refractivity contribution in [2.24, 2.45) is 5.92 Å². The summed E-state index contributed by atoms with van der Waals surface area (Å²) in [7, 11) is 1.57. The minimum absolute atomic E-state index is 0.0461. The van der Waals surface area contributed by atoms with Gasteiger partial charge in [-0.2, -0.15) is 5.26 Å². The second kappa shape index (κ2) is 24.8. The molecular formula is C54H62N7O7P. The average molecular weight is 952 g/mol. The second-order valence-corrected chi connectivity index (χ2v) is 18.6. The van der Waals surface area contributed by atoms with Crippen molar-refractivity contribution in [1.29, 1.82) is 5.26 Å². The van der Waals surface area contributed by atoms with Crippen molar-refractivity contribution in [3.8, 4) is 54.1 Å². The van der Waals surface area contributed by atoms with Gasteiger partial charge in [0.1, 0.15) is 47.2 Å². The van der Waals surface area contributed by atoms with Crippen molar-refractivity contribution < 1.29 is 32.8 Å². The Morgan fingerprint density at radius 2 is 1.51 bits per heavy atom. The van der Waals surface area contributed by atoms with Gasteiger partial charge in [0.15, 0.2) is 0 Å². The summed E-state index contributed by atoms with van der Waals surface area (Å²) >= 11 is 0. The molecule has 1 aliphatic heterocycles. The lowest BCUT2D eigenvalue weighted by atomic mass is 9.80. The van der Waals surface area contributed by atoms with E-state index >= 15 is 0 Å². The van der Waals surface area contributed by atoms with Crippen LogP contribution in [-0.2, 0) is 28.9 Å². The van der Waals surface area contributed by atoms with Crippen molar-refractivity contribution in [2.45, 2.75) is 90.5 Å². The van der Waals surface area contributed by atoms with E-state index in [1.54, 1.807) is 14.2 Å². The number of nitriles is 1. The molecular weight excluding hydrogens is 890 g/mol. The Labute approximate surface area is 408 Å². The Bertz CT molecular complexity index is 2590. The minimum Gasteiger partial charge on any atom is -0.497 e. The fraction of sp³-hybridized carbons (Fsp3) is 0.407. The molecule has 4 atom stereocenters. The number of hydrogen-bond acceptors (Lipinski definition) is 12. The molecule has 360 valence electrons. The summed E-state index contributed by atoms with van der Waals surface area (Å²) < 4.78 is 43.5. The van der Waals surface area contributed by atoms with Crippen LogP contribution in [0.2, 0.25) is 0 Å². The number of nitrogens with zero attached hydrogens (tertiary/aromatic N) is 6. The fourth-order valence-electron chi connectivity index (χ4n) is 8.25. The lowest BCUT2D eigenvalue weighted by Gasteiger charge is -2.39. The third kappa shape index (κ3) is 12.5. The molecule has 15 heteroatoms. The molecule has 0 saturated carbocycles. The van der Waals surface area contributed by atoms with Crippen LogP contribution < -0.4 is 14.8 Å². The van der Waals surface area contributed by atoms with Crippen LogP contribution in [0, 0.1) is 53.8 Å². The van der Waals surface area contributed by atoms with Gasteiger partial charge < -0.3 is 37.9 Å². The van der Waals surface area contributed by atoms with Crippen LogP contribution in [0.25, 0.3) is 11.0 Å². The van der Waals surface area contributed by atoms with Gasteiger partial charge in [0.2, 0.25) is 5.91 Å². The van der Waals surface area contributed by atoms with Gasteiger partial charge in [-0.3, -0.25) is 9.69 Å². The van der Waals surface area contributed by atoms with Crippen LogP contribution in [0.3, 0.4) is 0 Å². The molecule has 0 radical (unpaired) electrons. The highest BCUT2D eigenvalue weighted by molar-refractivity contribution is 7.44. The van der Waals surface area contributed by atoms with Gasteiger partial charge in [-0.15, -0.1) is 12.8 Å². The zero-order valence-electron chi connectivity index (χ0n) is 40.7. The molecule has 1 saturated heterocycles. The quantitative estimate of drug-likeness (QED) is 0.0306. The molecule has 1 amide bonds. The largest absolute Gasteiger partial charge is 0.497 e. The summed E-state index contributed by atoms with van der Waals surface area (Å²) in [6.07, 6.45) is 13.1. The highest BCUT2D eigenvalue weighted by atomic mass is 31.2. The lowest BCUT2D eigenvalue weighted by Crippen LogP contribution is -2.39. The van der Waals surface area contributed by atoms with Crippen molar-refractivity contribution in [2.75, 3.05) is 52.4 Å². The summed E-state index contributed by atoms with van der Waals surface area (Å²) in [5.41, 5.74) is 2.51. The molecule has 3 heterocycles. The van der Waals surface area contributed by atoms with E-state index in [0.717, 1.165) is 16.7 Å². The predicted octanol–water partition coefficient (Wildman–Crippen LogP) is 8.92. The number of benzene rings is 3. The number of rotatable bonds is 22. The molecule has 2 aromatic heterocycles. The molecule has 6 rings (SSSR count). The maximum absolute atomic E-state index is 13.2. The molecule has 1 unspecified atom stereocenters. The third-order valence-electron chi connectivity index (χ3n) is 11.5. The fourth-order valence-corrected chi connectivity index (χ4v) is 10.0. The van der Waals surface area contributed by atoms with Gasteiger partial charge in [-0.25, -0.2) is 14.6 Å². The van der Waals surface area contributed by atoms with E-state index in [4.69, 9.17) is 45.8 Å². The van der Waals surface area contributed by atoms with Gasteiger partial charge in [-0.05, 0) is 68.7 Å². The molecule has 0 bridgehead atoms. The SMILES string of the molecule is C#CCN(CC#C)CC#Cc1cn([C@H]2C[C@H](OP(OCCC#N)N(C(C)C)C(C)C)[C@@H](COC(c3ccccc3)(c3ccc(OC)cc3)c3ccc(OC)cc3)O2)c2ncnc(NC(=O)C(C)C)c12. The minimum atomic E-state index is -1.71. The Kier molecular flexibility index (Phi) is 18.7. The maximum atomic E-state index is 13.2. The number of methoxy groups -OCH3 is 2. The highest BCUT2D eigenvalue weighted by Gasteiger charge is 2.45. The first kappa shape index (κ1) is 52.1. The third-order valence-corrected chi connectivity index (χ3v) is 13.7. The number of aromatic nitrogens is 3. The number of carbonyl (C=O) groups is 1. The Balaban J connectivity index is 1.50. The lowest BCUT2D eigenvalue weighted by molar-refractivity contribution is -0.118. The standard InChI is InChI=1S/C54H62N7O7P/c1-11-30-59(31-12-2)32-16-18-41-35-60(52-50(41)51(56-37-57-52)58-53(62)38(3)4)49-34-47(68-69(66-33-17-29-55)61(39(5)6)40(7)8)48(67-49)36-65-54(42-19-14-13-15-20-42,43-21-25-45(63-9)26-22-43)44-23-27-46(64-10)28-24-44/h1-2,13-15,19-28,35,37-40,47-49H,17,30-34,36H2,3-10H3,(H,56,57,58,62)/t47-,48+,49+,69?/m0/s1. The first-order valence-electron chi connectivity index (χ1n) is 23.0. The highest BCUT2D eigenvalue weighted by Crippen LogP contribution is 2.51. The second-order valence-electron chi connectivity index (χ2n) is 17.2. The van der Waals surface area contributed by atoms with Crippen molar-refractivity contribution in [3.63, 3.8) is 0 Å². The van der Waals surface area contributed by atoms with Crippen LogP contribution in [-0.4, -0.2) is 101 Å². The van der Waals surface area contributed by atoms with Gasteiger partial charge in [0.05, 0.1) is 76.6 Å². The summed E-state index contributed by atoms with van der Waals surface area (Å²) in [5.74, 6) is 13.0. The predicted molar refractivity (Wildman–Crippen MR) is 269 cm³/mol. The summed E-state index contributed by atoms with van der Waals surface area (Å²) in [6.45, 7) is 13.2. The number of nitrogens with one attached hydrogen (secondary N) is 1. The van der Waals surface area contributed by atoms with E-state index in [2.05, 4.69) is 72.4 Å². The Morgan fingerprint density at radius 3 is 2.06 bits per heavy atom. The molecule has 1 fully saturated rings. The van der Waals surface area contributed by atoms with Gasteiger partial charge >= 0.3 is 0 Å². The smallest absolute Gasteiger partial charge is 0.259 e. The van der Waals surface area contributed by atoms with Crippen LogP contribution in [0.1, 0.15) is 82.9 Å². The normalized spacial score (nSPS) is 16.3. The summed E-state index contributed by atoms with van der Waals surface area (Å²) in [6, 6.07) is 28.1. The van der Waals surface area contributed by atoms with Crippen LogP contribution >= 0.6 is 8.53 Å². The van der Waals surface area contributed by atoms with Crippen molar-refractivity contribution in [3.05, 3.63) is 114 Å². The molecule has 5 aromatic rings.